The predicted octanol–water partition coefficient (Wildman–Crippen LogP) is 2.12. The molecule has 0 aromatic heterocycles. The van der Waals surface area contributed by atoms with Crippen molar-refractivity contribution in [3.8, 4) is 0 Å². The summed E-state index contributed by atoms with van der Waals surface area (Å²) in [5.74, 6) is 0. The van der Waals surface area contributed by atoms with Gasteiger partial charge in [-0.15, -0.1) is 0 Å². The first kappa shape index (κ1) is 12.8. The molecule has 0 spiro atoms. The molecule has 0 N–H and O–H groups in total. The van der Waals surface area contributed by atoms with E-state index in [2.05, 4.69) is 30.7 Å². The minimum Gasteiger partial charge on any atom is -0.368 e. The van der Waals surface area contributed by atoms with Gasteiger partial charge in [0.2, 0.25) is 0 Å². The number of hydrogen-bond acceptors (Lipinski definition) is 4. The molecule has 0 amide bonds. The maximum absolute atomic E-state index is 10.6. The van der Waals surface area contributed by atoms with Gasteiger partial charge >= 0.3 is 0 Å². The van der Waals surface area contributed by atoms with Crippen molar-refractivity contribution < 1.29 is 4.92 Å². The van der Waals surface area contributed by atoms with Crippen molar-refractivity contribution in [2.24, 2.45) is 0 Å². The topological polar surface area (TPSA) is 49.6 Å². The highest BCUT2D eigenvalue weighted by molar-refractivity contribution is 5.51. The molecular weight excluding hydrogens is 230 g/mol. The number of benzene rings is 1. The van der Waals surface area contributed by atoms with Gasteiger partial charge in [0.1, 0.15) is 0 Å². The first-order chi connectivity index (χ1) is 8.49. The molecule has 1 saturated heterocycles. The molecule has 0 aliphatic carbocycles. The zero-order valence-electron chi connectivity index (χ0n) is 11.0. The maximum Gasteiger partial charge on any atom is 0.269 e. The molecule has 1 aromatic carbocycles. The molecule has 2 atom stereocenters. The SMILES string of the molecule is C[C@@H]1CN(c2ccc([N+](=O)[O-])cc2)C[C@H](C)N1C. The number of nitrogens with zero attached hydrogens (tertiary/aromatic N) is 3. The van der Waals surface area contributed by atoms with Crippen LogP contribution in [-0.2, 0) is 0 Å². The quantitative estimate of drug-likeness (QED) is 0.595. The number of nitro benzene ring substituents is 1. The number of likely N-dealkylation sites (N-methyl/N-ethyl adjacent to an activating group) is 1. The molecule has 5 nitrogen and oxygen atoms in total. The summed E-state index contributed by atoms with van der Waals surface area (Å²) < 4.78 is 0. The van der Waals surface area contributed by atoms with Crippen LogP contribution < -0.4 is 4.90 Å². The van der Waals surface area contributed by atoms with Crippen LogP contribution in [0.1, 0.15) is 13.8 Å². The van der Waals surface area contributed by atoms with E-state index in [4.69, 9.17) is 0 Å². The maximum atomic E-state index is 10.6. The summed E-state index contributed by atoms with van der Waals surface area (Å²) in [7, 11) is 2.14. The monoisotopic (exact) mass is 249 g/mol. The third-order valence-electron chi connectivity index (χ3n) is 3.79. The Balaban J connectivity index is 2.14. The van der Waals surface area contributed by atoms with Crippen LogP contribution in [0, 0.1) is 10.1 Å². The summed E-state index contributed by atoms with van der Waals surface area (Å²) in [4.78, 5) is 14.9. The van der Waals surface area contributed by atoms with Crippen molar-refractivity contribution >= 4 is 11.4 Å². The fourth-order valence-corrected chi connectivity index (χ4v) is 2.40. The third kappa shape index (κ3) is 2.46. The smallest absolute Gasteiger partial charge is 0.269 e. The van der Waals surface area contributed by atoms with E-state index in [1.54, 1.807) is 12.1 Å². The zero-order chi connectivity index (χ0) is 13.3. The summed E-state index contributed by atoms with van der Waals surface area (Å²) in [6.45, 7) is 6.32. The van der Waals surface area contributed by atoms with Crippen LogP contribution in [0.4, 0.5) is 11.4 Å². The van der Waals surface area contributed by atoms with Gasteiger partial charge in [0.15, 0.2) is 0 Å². The van der Waals surface area contributed by atoms with E-state index in [0.29, 0.717) is 12.1 Å². The molecule has 1 aliphatic rings. The Morgan fingerprint density at radius 1 is 1.17 bits per heavy atom. The van der Waals surface area contributed by atoms with Crippen LogP contribution in [0.25, 0.3) is 0 Å². The lowest BCUT2D eigenvalue weighted by molar-refractivity contribution is -0.384. The van der Waals surface area contributed by atoms with Crippen molar-refractivity contribution in [2.45, 2.75) is 25.9 Å². The lowest BCUT2D eigenvalue weighted by atomic mass is 10.1. The van der Waals surface area contributed by atoms with Crippen LogP contribution >= 0.6 is 0 Å². The summed E-state index contributed by atoms with van der Waals surface area (Å²) in [6.07, 6.45) is 0. The first-order valence-electron chi connectivity index (χ1n) is 6.20. The number of hydrogen-bond donors (Lipinski definition) is 0. The van der Waals surface area contributed by atoms with Gasteiger partial charge in [-0.25, -0.2) is 0 Å². The highest BCUT2D eigenvalue weighted by Gasteiger charge is 2.26. The van der Waals surface area contributed by atoms with Crippen molar-refractivity contribution in [3.63, 3.8) is 0 Å². The Hall–Kier alpha value is -1.62. The van der Waals surface area contributed by atoms with E-state index in [9.17, 15) is 10.1 Å². The van der Waals surface area contributed by atoms with E-state index < -0.39 is 0 Å². The summed E-state index contributed by atoms with van der Waals surface area (Å²) in [6, 6.07) is 7.80. The second-order valence-electron chi connectivity index (χ2n) is 5.04. The van der Waals surface area contributed by atoms with Gasteiger partial charge in [-0.1, -0.05) is 0 Å². The fraction of sp³-hybridized carbons (Fsp3) is 0.538. The summed E-state index contributed by atoms with van der Waals surface area (Å²) >= 11 is 0. The molecule has 0 bridgehead atoms. The van der Waals surface area contributed by atoms with E-state index >= 15 is 0 Å². The lowest BCUT2D eigenvalue weighted by Crippen LogP contribution is -2.55. The molecule has 1 heterocycles. The first-order valence-corrected chi connectivity index (χ1v) is 6.20. The second-order valence-corrected chi connectivity index (χ2v) is 5.04. The average molecular weight is 249 g/mol. The van der Waals surface area contributed by atoms with Gasteiger partial charge in [-0.05, 0) is 33.0 Å². The second kappa shape index (κ2) is 4.94. The van der Waals surface area contributed by atoms with E-state index in [1.165, 1.54) is 0 Å². The molecule has 1 fully saturated rings. The van der Waals surface area contributed by atoms with Crippen molar-refractivity contribution in [1.82, 2.24) is 4.90 Å². The Labute approximate surface area is 107 Å². The molecule has 0 radical (unpaired) electrons. The van der Waals surface area contributed by atoms with Crippen molar-refractivity contribution in [2.75, 3.05) is 25.0 Å². The minimum atomic E-state index is -0.362. The highest BCUT2D eigenvalue weighted by atomic mass is 16.6. The number of rotatable bonds is 2. The number of piperazine rings is 1. The molecule has 98 valence electrons. The van der Waals surface area contributed by atoms with Gasteiger partial charge in [-0.2, -0.15) is 0 Å². The molecule has 1 aliphatic heterocycles. The van der Waals surface area contributed by atoms with Crippen LogP contribution in [0.2, 0.25) is 0 Å². The molecule has 5 heteroatoms. The zero-order valence-corrected chi connectivity index (χ0v) is 11.0. The average Bonchev–Trinajstić information content (AvgIpc) is 2.35. The number of non-ortho nitro benzene ring substituents is 1. The van der Waals surface area contributed by atoms with E-state index in [-0.39, 0.29) is 10.6 Å². The number of nitro groups is 1. The molecular formula is C13H19N3O2. The predicted molar refractivity (Wildman–Crippen MR) is 72.0 cm³/mol. The van der Waals surface area contributed by atoms with Crippen LogP contribution in [0.5, 0.6) is 0 Å². The standard InChI is InChI=1S/C13H19N3O2/c1-10-8-15(9-11(2)14(10)3)12-4-6-13(7-5-12)16(17)18/h4-7,10-11H,8-9H2,1-3H3/t10-,11+. The Bertz CT molecular complexity index is 420. The molecule has 1 aromatic rings. The highest BCUT2D eigenvalue weighted by Crippen LogP contribution is 2.23. The molecule has 18 heavy (non-hydrogen) atoms. The normalized spacial score (nSPS) is 25.2. The van der Waals surface area contributed by atoms with E-state index in [1.807, 2.05) is 12.1 Å². The van der Waals surface area contributed by atoms with Gasteiger partial charge in [0.05, 0.1) is 4.92 Å². The third-order valence-corrected chi connectivity index (χ3v) is 3.79. The molecule has 2 rings (SSSR count). The van der Waals surface area contributed by atoms with Gasteiger partial charge in [0.25, 0.3) is 5.69 Å². The van der Waals surface area contributed by atoms with Crippen LogP contribution in [0.15, 0.2) is 24.3 Å². The Morgan fingerprint density at radius 2 is 1.67 bits per heavy atom. The molecule has 0 unspecified atom stereocenters. The number of anilines is 1. The lowest BCUT2D eigenvalue weighted by Gasteiger charge is -2.43. The van der Waals surface area contributed by atoms with Crippen LogP contribution in [-0.4, -0.2) is 42.0 Å². The van der Waals surface area contributed by atoms with Gasteiger partial charge < -0.3 is 4.90 Å². The van der Waals surface area contributed by atoms with Gasteiger partial charge in [0, 0.05) is 43.0 Å². The Morgan fingerprint density at radius 3 is 2.11 bits per heavy atom. The Kier molecular flexibility index (Phi) is 3.52. The van der Waals surface area contributed by atoms with Crippen LogP contribution in [0.3, 0.4) is 0 Å². The van der Waals surface area contributed by atoms with Crippen molar-refractivity contribution in [1.29, 1.82) is 0 Å². The molecule has 0 saturated carbocycles. The van der Waals surface area contributed by atoms with Gasteiger partial charge in [-0.3, -0.25) is 15.0 Å². The van der Waals surface area contributed by atoms with Crippen molar-refractivity contribution in [3.05, 3.63) is 34.4 Å². The summed E-state index contributed by atoms with van der Waals surface area (Å²) in [5.41, 5.74) is 1.21. The fourth-order valence-electron chi connectivity index (χ4n) is 2.40. The largest absolute Gasteiger partial charge is 0.368 e. The van der Waals surface area contributed by atoms with E-state index in [0.717, 1.165) is 18.8 Å². The summed E-state index contributed by atoms with van der Waals surface area (Å²) in [5, 5.41) is 10.6. The minimum absolute atomic E-state index is 0.147.